The van der Waals surface area contributed by atoms with E-state index in [9.17, 15) is 4.57 Å². The topological polar surface area (TPSA) is 59.3 Å². The molecule has 2 unspecified atom stereocenters. The molecule has 0 aliphatic carbocycles. The van der Waals surface area contributed by atoms with E-state index in [4.69, 9.17) is 5.26 Å². The molecule has 0 aromatic carbocycles. The summed E-state index contributed by atoms with van der Waals surface area (Å²) in [7, 11) is -0.846. The number of rotatable bonds is 3. The molecule has 0 heterocycles. The number of ether oxygens (including phenoxy) is 1. The predicted octanol–water partition coefficient (Wildman–Crippen LogP) is 0.303. The maximum atomic E-state index is 10.6. The van der Waals surface area contributed by atoms with E-state index in [0.29, 0.717) is 0 Å². The summed E-state index contributed by atoms with van der Waals surface area (Å²) in [4.78, 5) is 0. The van der Waals surface area contributed by atoms with Gasteiger partial charge >= 0.3 is 29.6 Å². The molecular weight excluding hydrogens is 164 g/mol. The Morgan fingerprint density at radius 1 is 1.70 bits per heavy atom. The van der Waals surface area contributed by atoms with Crippen LogP contribution in [0.3, 0.4) is 0 Å². The Kier molecular flexibility index (Phi) is 9.94. The molecule has 0 aromatic heterocycles. The minimum absolute atomic E-state index is 0. The molecule has 6 heteroatoms. The molecule has 0 fully saturated rings. The standard InChI is InChI=1S/C4H8NO3P.Na.H/c1-4(8-3-5)9(6)7-2;;/h4,9H,1-2H3;;. The Morgan fingerprint density at radius 3 is 2.50 bits per heavy atom. The molecule has 10 heavy (non-hydrogen) atoms. The molecule has 0 aromatic rings. The summed E-state index contributed by atoms with van der Waals surface area (Å²) in [6.45, 7) is 1.52. The van der Waals surface area contributed by atoms with Crippen molar-refractivity contribution in [2.24, 2.45) is 0 Å². The van der Waals surface area contributed by atoms with Gasteiger partial charge in [-0.3, -0.25) is 4.57 Å². The van der Waals surface area contributed by atoms with Crippen LogP contribution in [0.4, 0.5) is 0 Å². The molecule has 0 bridgehead atoms. The van der Waals surface area contributed by atoms with Crippen molar-refractivity contribution < 1.29 is 13.8 Å². The fraction of sp³-hybridized carbons (Fsp3) is 0.750. The Morgan fingerprint density at radius 2 is 2.20 bits per heavy atom. The third-order valence-electron chi connectivity index (χ3n) is 0.763. The number of hydrogen-bond donors (Lipinski definition) is 0. The summed E-state index contributed by atoms with van der Waals surface area (Å²) in [5.41, 5.74) is 0. The molecule has 54 valence electrons. The fourth-order valence-corrected chi connectivity index (χ4v) is 0.774. The van der Waals surface area contributed by atoms with Gasteiger partial charge in [0.2, 0.25) is 8.03 Å². The summed E-state index contributed by atoms with van der Waals surface area (Å²) in [5.74, 6) is -0.606. The van der Waals surface area contributed by atoms with Gasteiger partial charge in [0.15, 0.2) is 5.85 Å². The summed E-state index contributed by atoms with van der Waals surface area (Å²) in [5, 5.41) is 7.93. The fourth-order valence-electron chi connectivity index (χ4n) is 0.293. The van der Waals surface area contributed by atoms with E-state index in [1.165, 1.54) is 20.3 Å². The average Bonchev–Trinajstić information content (AvgIpc) is 1.87. The first-order valence-electron chi connectivity index (χ1n) is 2.35. The zero-order valence-corrected chi connectivity index (χ0v) is 6.25. The zero-order chi connectivity index (χ0) is 7.28. The van der Waals surface area contributed by atoms with Crippen molar-refractivity contribution >= 4 is 37.6 Å². The molecule has 4 nitrogen and oxygen atoms in total. The van der Waals surface area contributed by atoms with E-state index < -0.39 is 13.9 Å². The van der Waals surface area contributed by atoms with Crippen LogP contribution in [0.15, 0.2) is 0 Å². The van der Waals surface area contributed by atoms with Crippen molar-refractivity contribution in [3.05, 3.63) is 0 Å². The van der Waals surface area contributed by atoms with E-state index in [-0.39, 0.29) is 29.6 Å². The summed E-state index contributed by atoms with van der Waals surface area (Å²) in [6, 6.07) is 0. The predicted molar refractivity (Wildman–Crippen MR) is 39.3 cm³/mol. The van der Waals surface area contributed by atoms with E-state index in [1.54, 1.807) is 0 Å². The molecular formula is C4H9NNaO3P. The van der Waals surface area contributed by atoms with Gasteiger partial charge in [0.05, 0.1) is 0 Å². The Hall–Kier alpha value is 0.480. The maximum absolute atomic E-state index is 10.6. The van der Waals surface area contributed by atoms with Crippen molar-refractivity contribution in [1.29, 1.82) is 5.26 Å². The molecule has 0 amide bonds. The van der Waals surface area contributed by atoms with Crippen molar-refractivity contribution in [2.45, 2.75) is 12.8 Å². The monoisotopic (exact) mass is 173 g/mol. The molecule has 0 spiro atoms. The summed E-state index contributed by atoms with van der Waals surface area (Å²) in [6.07, 6.45) is 1.43. The summed E-state index contributed by atoms with van der Waals surface area (Å²) < 4.78 is 19.3. The molecule has 2 atom stereocenters. The number of nitriles is 1. The SMILES string of the molecule is CO[PH](=O)C(C)OC#N.[NaH]. The van der Waals surface area contributed by atoms with Gasteiger partial charge in [0.25, 0.3) is 6.26 Å². The molecule has 0 N–H and O–H groups in total. The molecule has 0 aliphatic rings. The number of hydrogen-bond acceptors (Lipinski definition) is 4. The van der Waals surface area contributed by atoms with E-state index in [0.717, 1.165) is 0 Å². The van der Waals surface area contributed by atoms with Gasteiger partial charge in [-0.1, -0.05) is 0 Å². The van der Waals surface area contributed by atoms with Gasteiger partial charge in [-0.05, 0) is 6.92 Å². The molecule has 0 rings (SSSR count). The first kappa shape index (κ1) is 13.1. The van der Waals surface area contributed by atoms with Crippen LogP contribution in [0, 0.1) is 11.5 Å². The Labute approximate surface area is 82.7 Å². The van der Waals surface area contributed by atoms with Crippen molar-refractivity contribution in [1.82, 2.24) is 0 Å². The molecule has 0 aliphatic heterocycles. The van der Waals surface area contributed by atoms with Crippen molar-refractivity contribution in [3.63, 3.8) is 0 Å². The van der Waals surface area contributed by atoms with Gasteiger partial charge < -0.3 is 9.26 Å². The van der Waals surface area contributed by atoms with Crippen molar-refractivity contribution in [2.75, 3.05) is 7.11 Å². The van der Waals surface area contributed by atoms with Gasteiger partial charge in [0, 0.05) is 7.11 Å². The second-order valence-corrected chi connectivity index (χ2v) is 3.23. The third-order valence-corrected chi connectivity index (χ3v) is 1.95. The van der Waals surface area contributed by atoms with E-state index in [2.05, 4.69) is 9.26 Å². The van der Waals surface area contributed by atoms with Crippen LogP contribution in [0.2, 0.25) is 0 Å². The van der Waals surface area contributed by atoms with Gasteiger partial charge in [-0.25, -0.2) is 0 Å². The summed E-state index contributed by atoms with van der Waals surface area (Å²) >= 11 is 0. The normalized spacial score (nSPS) is 14.1. The van der Waals surface area contributed by atoms with Crippen LogP contribution in [-0.4, -0.2) is 42.5 Å². The Balaban J connectivity index is 0. The van der Waals surface area contributed by atoms with Crippen LogP contribution in [-0.2, 0) is 13.8 Å². The van der Waals surface area contributed by atoms with Gasteiger partial charge in [-0.15, -0.1) is 0 Å². The van der Waals surface area contributed by atoms with Crippen LogP contribution in [0.5, 0.6) is 0 Å². The average molecular weight is 173 g/mol. The minimum atomic E-state index is -2.16. The van der Waals surface area contributed by atoms with Crippen molar-refractivity contribution in [3.8, 4) is 6.26 Å². The first-order valence-corrected chi connectivity index (χ1v) is 3.74. The van der Waals surface area contributed by atoms with Gasteiger partial charge in [0.1, 0.15) is 0 Å². The molecule has 0 saturated carbocycles. The first-order chi connectivity index (χ1) is 4.22. The van der Waals surface area contributed by atoms with Crippen LogP contribution < -0.4 is 0 Å². The van der Waals surface area contributed by atoms with Crippen LogP contribution in [0.25, 0.3) is 0 Å². The molecule has 0 radical (unpaired) electrons. The van der Waals surface area contributed by atoms with Crippen LogP contribution in [0.1, 0.15) is 6.92 Å². The quantitative estimate of drug-likeness (QED) is 0.350. The van der Waals surface area contributed by atoms with Gasteiger partial charge in [-0.2, -0.15) is 5.26 Å². The van der Waals surface area contributed by atoms with E-state index >= 15 is 0 Å². The third kappa shape index (κ3) is 5.28. The second kappa shape index (κ2) is 7.59. The number of nitrogens with zero attached hydrogens (tertiary/aromatic N) is 1. The zero-order valence-electron chi connectivity index (χ0n) is 5.25. The second-order valence-electron chi connectivity index (χ2n) is 1.37. The Bertz CT molecular complexity index is 146. The molecule has 0 saturated heterocycles. The van der Waals surface area contributed by atoms with Crippen LogP contribution >= 0.6 is 8.03 Å². The van der Waals surface area contributed by atoms with E-state index in [1.807, 2.05) is 0 Å².